The Kier molecular flexibility index (Phi) is 9.12. The van der Waals surface area contributed by atoms with E-state index in [4.69, 9.17) is 14.2 Å². The molecule has 0 unspecified atom stereocenters. The van der Waals surface area contributed by atoms with Gasteiger partial charge in [0.1, 0.15) is 0 Å². The maximum atomic E-state index is 12.6. The van der Waals surface area contributed by atoms with Gasteiger partial charge in [0, 0.05) is 37.3 Å². The summed E-state index contributed by atoms with van der Waals surface area (Å²) in [5.41, 5.74) is 1.91. The number of hydrogen-bond donors (Lipinski definition) is 2. The third-order valence-corrected chi connectivity index (χ3v) is 5.60. The average Bonchev–Trinajstić information content (AvgIpc) is 2.83. The quantitative estimate of drug-likeness (QED) is 0.498. The van der Waals surface area contributed by atoms with E-state index >= 15 is 0 Å². The summed E-state index contributed by atoms with van der Waals surface area (Å²) in [4.78, 5) is 34.4. The van der Waals surface area contributed by atoms with Crippen molar-refractivity contribution in [2.24, 2.45) is 0 Å². The van der Waals surface area contributed by atoms with Crippen LogP contribution < -0.4 is 25.2 Å². The van der Waals surface area contributed by atoms with Gasteiger partial charge < -0.3 is 24.4 Å². The van der Waals surface area contributed by atoms with Crippen LogP contribution in [-0.4, -0.2) is 55.9 Å². The summed E-state index contributed by atoms with van der Waals surface area (Å²) in [5, 5.41) is 2.90. The first kappa shape index (κ1) is 24.6. The Balaban J connectivity index is 1.52. The highest BCUT2D eigenvalue weighted by atomic mass is 16.5. The first-order valence-corrected chi connectivity index (χ1v) is 11.5. The molecule has 1 saturated heterocycles. The molecule has 0 spiro atoms. The van der Waals surface area contributed by atoms with E-state index in [9.17, 15) is 9.59 Å². The Bertz CT molecular complexity index is 985. The molecule has 0 saturated carbocycles. The van der Waals surface area contributed by atoms with Crippen LogP contribution in [0.4, 0.5) is 5.95 Å². The summed E-state index contributed by atoms with van der Waals surface area (Å²) in [5.74, 6) is 1.77. The molecular formula is C24H34N4O5. The summed E-state index contributed by atoms with van der Waals surface area (Å²) >= 11 is 0. The second-order valence-corrected chi connectivity index (χ2v) is 8.02. The van der Waals surface area contributed by atoms with Gasteiger partial charge in [0.05, 0.1) is 26.9 Å². The first-order valence-electron chi connectivity index (χ1n) is 11.5. The van der Waals surface area contributed by atoms with Crippen molar-refractivity contribution in [3.63, 3.8) is 0 Å². The van der Waals surface area contributed by atoms with Crippen molar-refractivity contribution in [1.29, 1.82) is 0 Å². The zero-order chi connectivity index (χ0) is 23.6. The fourth-order valence-corrected chi connectivity index (χ4v) is 3.61. The van der Waals surface area contributed by atoms with Crippen molar-refractivity contribution >= 4 is 11.9 Å². The van der Waals surface area contributed by atoms with Crippen LogP contribution in [0, 0.1) is 6.92 Å². The number of hydrogen-bond acceptors (Lipinski definition) is 7. The van der Waals surface area contributed by atoms with Gasteiger partial charge in [0.15, 0.2) is 11.5 Å². The number of nitrogens with one attached hydrogen (secondary N) is 2. The molecule has 0 aliphatic carbocycles. The lowest BCUT2D eigenvalue weighted by atomic mass is 10.1. The molecule has 1 amide bonds. The molecule has 9 heteroatoms. The highest BCUT2D eigenvalue weighted by Gasteiger charge is 2.17. The third-order valence-electron chi connectivity index (χ3n) is 5.60. The number of nitrogens with zero attached hydrogens (tertiary/aromatic N) is 2. The van der Waals surface area contributed by atoms with E-state index in [2.05, 4.69) is 22.2 Å². The number of methoxy groups -OCH3 is 1. The van der Waals surface area contributed by atoms with Crippen LogP contribution in [0.1, 0.15) is 43.0 Å². The molecule has 1 aromatic carbocycles. The maximum Gasteiger partial charge on any atom is 0.255 e. The number of benzene rings is 1. The van der Waals surface area contributed by atoms with Gasteiger partial charge in [-0.25, -0.2) is 4.98 Å². The molecule has 9 nitrogen and oxygen atoms in total. The molecule has 33 heavy (non-hydrogen) atoms. The van der Waals surface area contributed by atoms with Crippen LogP contribution in [-0.2, 0) is 22.5 Å². The number of amides is 1. The van der Waals surface area contributed by atoms with Gasteiger partial charge in [-0.05, 0) is 37.5 Å². The molecule has 1 aliphatic rings. The van der Waals surface area contributed by atoms with Crippen molar-refractivity contribution in [3.05, 3.63) is 45.4 Å². The van der Waals surface area contributed by atoms with E-state index < -0.39 is 0 Å². The van der Waals surface area contributed by atoms with E-state index in [1.54, 1.807) is 7.11 Å². The lowest BCUT2D eigenvalue weighted by Crippen LogP contribution is -2.38. The van der Waals surface area contributed by atoms with Crippen LogP contribution in [0.5, 0.6) is 11.5 Å². The van der Waals surface area contributed by atoms with Crippen LogP contribution in [0.25, 0.3) is 0 Å². The number of anilines is 1. The fraction of sp³-hybridized carbons (Fsp3) is 0.542. The minimum absolute atomic E-state index is 0.131. The Morgan fingerprint density at radius 2 is 2.06 bits per heavy atom. The summed E-state index contributed by atoms with van der Waals surface area (Å²) in [6.45, 7) is 7.55. The number of H-pyrrole nitrogens is 1. The van der Waals surface area contributed by atoms with E-state index in [0.717, 1.165) is 18.4 Å². The van der Waals surface area contributed by atoms with E-state index in [0.29, 0.717) is 74.6 Å². The summed E-state index contributed by atoms with van der Waals surface area (Å²) in [7, 11) is 1.60. The molecule has 0 atom stereocenters. The molecule has 2 aromatic rings. The highest BCUT2D eigenvalue weighted by molar-refractivity contribution is 5.76. The van der Waals surface area contributed by atoms with Gasteiger partial charge in [-0.15, -0.1) is 0 Å². The van der Waals surface area contributed by atoms with Gasteiger partial charge in [-0.2, -0.15) is 0 Å². The predicted molar refractivity (Wildman–Crippen MR) is 126 cm³/mol. The summed E-state index contributed by atoms with van der Waals surface area (Å²) in [6.07, 6.45) is 2.58. The van der Waals surface area contributed by atoms with Crippen molar-refractivity contribution in [2.75, 3.05) is 44.9 Å². The maximum absolute atomic E-state index is 12.6. The van der Waals surface area contributed by atoms with Crippen LogP contribution in [0.3, 0.4) is 0 Å². The lowest BCUT2D eigenvalue weighted by molar-refractivity contribution is -0.121. The molecule has 0 bridgehead atoms. The number of carbonyl (C=O) groups is 1. The average molecular weight is 459 g/mol. The number of aromatic amines is 1. The smallest absolute Gasteiger partial charge is 0.255 e. The zero-order valence-corrected chi connectivity index (χ0v) is 19.7. The number of aryl methyl sites for hydroxylation is 1. The first-order chi connectivity index (χ1) is 16.0. The molecular weight excluding hydrogens is 424 g/mol. The van der Waals surface area contributed by atoms with Crippen LogP contribution in [0.2, 0.25) is 0 Å². The van der Waals surface area contributed by atoms with E-state index in [1.807, 2.05) is 30.0 Å². The summed E-state index contributed by atoms with van der Waals surface area (Å²) < 4.78 is 16.5. The Morgan fingerprint density at radius 3 is 2.76 bits per heavy atom. The monoisotopic (exact) mass is 458 g/mol. The SMILES string of the molecule is CCCCOc1ccc(CNC(=O)CCc2c(C)nc(N3CCOCC3)[nH]c2=O)cc1OC. The van der Waals surface area contributed by atoms with E-state index in [-0.39, 0.29) is 17.9 Å². The predicted octanol–water partition coefficient (Wildman–Crippen LogP) is 2.35. The number of ether oxygens (including phenoxy) is 3. The van der Waals surface area contributed by atoms with Crippen molar-refractivity contribution in [1.82, 2.24) is 15.3 Å². The van der Waals surface area contributed by atoms with E-state index in [1.165, 1.54) is 0 Å². The number of morpholine rings is 1. The standard InChI is InChI=1S/C24H34N4O5/c1-4-5-12-33-20-8-6-18(15-21(20)31-3)16-25-22(29)9-7-19-17(2)26-24(27-23(19)30)28-10-13-32-14-11-28/h6,8,15H,4-5,7,9-14,16H2,1-3H3,(H,25,29)(H,26,27,30). The van der Waals surface area contributed by atoms with Crippen molar-refractivity contribution in [2.45, 2.75) is 46.1 Å². The molecule has 1 aliphatic heterocycles. The Hall–Kier alpha value is -3.07. The number of rotatable bonds is 11. The molecule has 180 valence electrons. The number of carbonyl (C=O) groups excluding carboxylic acids is 1. The second kappa shape index (κ2) is 12.2. The normalized spacial score (nSPS) is 13.6. The van der Waals surface area contributed by atoms with Gasteiger partial charge in [-0.3, -0.25) is 14.6 Å². The minimum Gasteiger partial charge on any atom is -0.493 e. The van der Waals surface area contributed by atoms with Crippen molar-refractivity contribution < 1.29 is 19.0 Å². The second-order valence-electron chi connectivity index (χ2n) is 8.02. The molecule has 2 N–H and O–H groups in total. The minimum atomic E-state index is -0.194. The highest BCUT2D eigenvalue weighted by Crippen LogP contribution is 2.28. The molecule has 1 aromatic heterocycles. The fourth-order valence-electron chi connectivity index (χ4n) is 3.61. The molecule has 1 fully saturated rings. The van der Waals surface area contributed by atoms with Gasteiger partial charge in [0.2, 0.25) is 11.9 Å². The van der Waals surface area contributed by atoms with Gasteiger partial charge in [0.25, 0.3) is 5.56 Å². The lowest BCUT2D eigenvalue weighted by Gasteiger charge is -2.27. The molecule has 2 heterocycles. The largest absolute Gasteiger partial charge is 0.493 e. The summed E-state index contributed by atoms with van der Waals surface area (Å²) in [6, 6.07) is 5.64. The zero-order valence-electron chi connectivity index (χ0n) is 19.7. The van der Waals surface area contributed by atoms with Crippen molar-refractivity contribution in [3.8, 4) is 11.5 Å². The topological polar surface area (TPSA) is 106 Å². The van der Waals surface area contributed by atoms with Crippen LogP contribution >= 0.6 is 0 Å². The van der Waals surface area contributed by atoms with Gasteiger partial charge >= 0.3 is 0 Å². The molecule has 3 rings (SSSR count). The third kappa shape index (κ3) is 6.95. The Labute approximate surface area is 194 Å². The number of aromatic nitrogens is 2. The van der Waals surface area contributed by atoms with Crippen LogP contribution in [0.15, 0.2) is 23.0 Å². The Morgan fingerprint density at radius 1 is 1.27 bits per heavy atom. The molecule has 0 radical (unpaired) electrons. The number of unbranched alkanes of at least 4 members (excludes halogenated alkanes) is 1. The van der Waals surface area contributed by atoms with Gasteiger partial charge in [-0.1, -0.05) is 19.4 Å².